The lowest BCUT2D eigenvalue weighted by atomic mass is 9.82. The van der Waals surface area contributed by atoms with Crippen LogP contribution in [0.25, 0.3) is 28.1 Å². The van der Waals surface area contributed by atoms with Gasteiger partial charge in [-0.05, 0) is 69.7 Å². The number of carboxylic acids is 1. The highest BCUT2D eigenvalue weighted by Gasteiger charge is 2.34. The number of aromatic nitrogens is 4. The molecule has 3 aromatic heterocycles. The van der Waals surface area contributed by atoms with E-state index in [9.17, 15) is 14.7 Å². The Bertz CT molecular complexity index is 1360. The minimum atomic E-state index is -1.12. The van der Waals surface area contributed by atoms with Crippen molar-refractivity contribution in [2.45, 2.75) is 52.5 Å². The number of furan rings is 1. The number of carbonyl (C=O) groups excluding carboxylic acids is 1. The normalized spacial score (nSPS) is 18.0. The third-order valence-electron chi connectivity index (χ3n) is 6.88. The zero-order valence-corrected chi connectivity index (χ0v) is 20.6. The third kappa shape index (κ3) is 4.48. The van der Waals surface area contributed by atoms with Gasteiger partial charge < -0.3 is 9.52 Å². The average molecular weight is 488 g/mol. The first kappa shape index (κ1) is 23.7. The van der Waals surface area contributed by atoms with Crippen molar-refractivity contribution >= 4 is 28.8 Å². The number of aromatic carboxylic acids is 1. The Kier molecular flexibility index (Phi) is 6.30. The third-order valence-corrected chi connectivity index (χ3v) is 6.88. The molecule has 4 aromatic rings. The zero-order chi connectivity index (χ0) is 25.4. The summed E-state index contributed by atoms with van der Waals surface area (Å²) >= 11 is 0. The van der Waals surface area contributed by atoms with Crippen molar-refractivity contribution in [2.75, 3.05) is 4.90 Å². The molecule has 0 spiro atoms. The van der Waals surface area contributed by atoms with Gasteiger partial charge in [0.1, 0.15) is 23.2 Å². The molecule has 186 valence electrons. The number of carbonyl (C=O) groups is 2. The molecule has 0 aliphatic heterocycles. The zero-order valence-electron chi connectivity index (χ0n) is 20.6. The molecular weight excluding hydrogens is 458 g/mol. The van der Waals surface area contributed by atoms with Crippen molar-refractivity contribution in [1.29, 1.82) is 0 Å². The molecular formula is C27H29N5O4. The predicted molar refractivity (Wildman–Crippen MR) is 135 cm³/mol. The van der Waals surface area contributed by atoms with Crippen LogP contribution in [-0.4, -0.2) is 42.8 Å². The second-order valence-corrected chi connectivity index (χ2v) is 9.80. The van der Waals surface area contributed by atoms with Crippen molar-refractivity contribution in [3.63, 3.8) is 0 Å². The lowest BCUT2D eigenvalue weighted by Crippen LogP contribution is -2.43. The summed E-state index contributed by atoms with van der Waals surface area (Å²) in [6, 6.07) is 9.03. The van der Waals surface area contributed by atoms with Gasteiger partial charge in [-0.1, -0.05) is 6.92 Å². The number of carboxylic acid groups (broad SMARTS) is 1. The number of amides is 1. The summed E-state index contributed by atoms with van der Waals surface area (Å²) in [6.07, 6.45) is 8.21. The van der Waals surface area contributed by atoms with Crippen molar-refractivity contribution in [1.82, 2.24) is 19.7 Å². The van der Waals surface area contributed by atoms with Gasteiger partial charge in [0.25, 0.3) is 0 Å². The van der Waals surface area contributed by atoms with Crippen LogP contribution in [0.5, 0.6) is 0 Å². The van der Waals surface area contributed by atoms with Crippen molar-refractivity contribution < 1.29 is 19.1 Å². The summed E-state index contributed by atoms with van der Waals surface area (Å²) in [6.45, 7) is 5.99. The fourth-order valence-electron chi connectivity index (χ4n) is 4.84. The van der Waals surface area contributed by atoms with Crippen LogP contribution in [0.4, 0.5) is 5.82 Å². The average Bonchev–Trinajstić information content (AvgIpc) is 3.49. The molecule has 9 nitrogen and oxygen atoms in total. The summed E-state index contributed by atoms with van der Waals surface area (Å²) in [5.41, 5.74) is 2.84. The van der Waals surface area contributed by atoms with Crippen molar-refractivity contribution in [3.8, 4) is 17.0 Å². The van der Waals surface area contributed by atoms with Crippen LogP contribution in [0.3, 0.4) is 0 Å². The Hall–Kier alpha value is -4.01. The highest BCUT2D eigenvalue weighted by molar-refractivity contribution is 6.01. The Morgan fingerprint density at radius 1 is 1.14 bits per heavy atom. The van der Waals surface area contributed by atoms with Gasteiger partial charge in [-0.15, -0.1) is 5.10 Å². The largest absolute Gasteiger partial charge is 0.477 e. The van der Waals surface area contributed by atoms with Crippen LogP contribution < -0.4 is 4.90 Å². The number of hydrogen-bond acceptors (Lipinski definition) is 6. The molecule has 1 aliphatic carbocycles. The molecule has 1 fully saturated rings. The molecule has 9 heteroatoms. The van der Waals surface area contributed by atoms with Crippen LogP contribution in [-0.2, 0) is 4.79 Å². The Labute approximate surface area is 208 Å². The molecule has 1 aliphatic rings. The van der Waals surface area contributed by atoms with Gasteiger partial charge in [0, 0.05) is 29.8 Å². The monoisotopic (exact) mass is 487 g/mol. The van der Waals surface area contributed by atoms with Gasteiger partial charge in [0.05, 0.1) is 11.9 Å². The summed E-state index contributed by atoms with van der Waals surface area (Å²) in [7, 11) is 0. The van der Waals surface area contributed by atoms with Crippen LogP contribution in [0, 0.1) is 11.8 Å². The lowest BCUT2D eigenvalue weighted by molar-refractivity contribution is -0.124. The molecule has 1 amide bonds. The highest BCUT2D eigenvalue weighted by Crippen LogP contribution is 2.33. The fraction of sp³-hybridized carbons (Fsp3) is 0.370. The Morgan fingerprint density at radius 2 is 1.86 bits per heavy atom. The van der Waals surface area contributed by atoms with E-state index in [1.807, 2.05) is 44.2 Å². The van der Waals surface area contributed by atoms with E-state index in [-0.39, 0.29) is 29.2 Å². The molecule has 0 radical (unpaired) electrons. The minimum Gasteiger partial charge on any atom is -0.477 e. The van der Waals surface area contributed by atoms with E-state index in [2.05, 4.69) is 22.0 Å². The summed E-state index contributed by atoms with van der Waals surface area (Å²) in [4.78, 5) is 35.4. The maximum absolute atomic E-state index is 13.5. The minimum absolute atomic E-state index is 0.00108. The second kappa shape index (κ2) is 9.56. The smallest absolute Gasteiger partial charge is 0.341 e. The maximum atomic E-state index is 13.5. The molecule has 0 atom stereocenters. The van der Waals surface area contributed by atoms with E-state index in [1.165, 1.54) is 17.2 Å². The van der Waals surface area contributed by atoms with Crippen LogP contribution in [0.15, 0.2) is 53.5 Å². The molecule has 1 aromatic carbocycles. The summed E-state index contributed by atoms with van der Waals surface area (Å²) in [5.74, 6) is 0.179. The van der Waals surface area contributed by atoms with Crippen LogP contribution >= 0.6 is 0 Å². The first-order valence-corrected chi connectivity index (χ1v) is 12.3. The van der Waals surface area contributed by atoms with Gasteiger partial charge >= 0.3 is 5.97 Å². The van der Waals surface area contributed by atoms with E-state index in [0.717, 1.165) is 36.8 Å². The molecule has 1 N–H and O–H groups in total. The fourth-order valence-corrected chi connectivity index (χ4v) is 4.84. The number of anilines is 1. The summed E-state index contributed by atoms with van der Waals surface area (Å²) in [5, 5.41) is 14.5. The van der Waals surface area contributed by atoms with E-state index >= 15 is 0 Å². The maximum Gasteiger partial charge on any atom is 0.341 e. The molecule has 0 unspecified atom stereocenters. The number of rotatable bonds is 6. The molecule has 0 saturated heterocycles. The topological polar surface area (TPSA) is 114 Å². The predicted octanol–water partition coefficient (Wildman–Crippen LogP) is 5.34. The van der Waals surface area contributed by atoms with E-state index in [1.54, 1.807) is 11.1 Å². The van der Waals surface area contributed by atoms with Gasteiger partial charge in [-0.25, -0.2) is 19.4 Å². The molecule has 1 saturated carbocycles. The van der Waals surface area contributed by atoms with Gasteiger partial charge in [0.2, 0.25) is 5.91 Å². The van der Waals surface area contributed by atoms with E-state index in [4.69, 9.17) is 4.42 Å². The Balaban J connectivity index is 1.46. The molecule has 36 heavy (non-hydrogen) atoms. The molecule has 5 rings (SSSR count). The SMILES string of the molecule is CC1CCC(C(=O)N(c2nn(-c3ccc(-c4cc5ncncc5o4)cc3)cc2C(=O)O)C(C)C)CC1. The number of benzene rings is 1. The second-order valence-electron chi connectivity index (χ2n) is 9.80. The standard InChI is InChI=1S/C27H29N5O4/c1-16(2)32(26(33)19-6-4-17(3)5-7-19)25-21(27(34)35)14-31(30-25)20-10-8-18(9-11-20)23-12-22-24(36-23)13-28-15-29-22/h8-17,19H,4-7H2,1-3H3,(H,34,35). The van der Waals surface area contributed by atoms with E-state index in [0.29, 0.717) is 22.9 Å². The van der Waals surface area contributed by atoms with E-state index < -0.39 is 5.97 Å². The van der Waals surface area contributed by atoms with Gasteiger partial charge in [-0.2, -0.15) is 0 Å². The van der Waals surface area contributed by atoms with Crippen LogP contribution in [0.2, 0.25) is 0 Å². The molecule has 0 bridgehead atoms. The first-order chi connectivity index (χ1) is 17.3. The van der Waals surface area contributed by atoms with Crippen molar-refractivity contribution in [2.24, 2.45) is 11.8 Å². The molecule has 3 heterocycles. The quantitative estimate of drug-likeness (QED) is 0.390. The van der Waals surface area contributed by atoms with Gasteiger partial charge in [-0.3, -0.25) is 9.69 Å². The number of fused-ring (bicyclic) bond motifs is 1. The Morgan fingerprint density at radius 3 is 2.50 bits per heavy atom. The van der Waals surface area contributed by atoms with Gasteiger partial charge in [0.15, 0.2) is 11.4 Å². The highest BCUT2D eigenvalue weighted by atomic mass is 16.4. The first-order valence-electron chi connectivity index (χ1n) is 12.3. The van der Waals surface area contributed by atoms with Crippen molar-refractivity contribution in [3.05, 3.63) is 54.6 Å². The number of nitrogens with zero attached hydrogens (tertiary/aromatic N) is 5. The summed E-state index contributed by atoms with van der Waals surface area (Å²) < 4.78 is 7.35. The van der Waals surface area contributed by atoms with Crippen LogP contribution in [0.1, 0.15) is 56.8 Å². The lowest BCUT2D eigenvalue weighted by Gasteiger charge is -2.32. The number of hydrogen-bond donors (Lipinski definition) is 1.